The number of aromatic amines is 1. The van der Waals surface area contributed by atoms with Gasteiger partial charge in [0.1, 0.15) is 11.6 Å². The lowest BCUT2D eigenvalue weighted by molar-refractivity contribution is 0.102. The zero-order valence-electron chi connectivity index (χ0n) is 24.3. The van der Waals surface area contributed by atoms with Gasteiger partial charge in [0, 0.05) is 43.0 Å². The van der Waals surface area contributed by atoms with Crippen molar-refractivity contribution in [2.75, 3.05) is 56.3 Å². The smallest absolute Gasteiger partial charge is 0.258 e. The Labute approximate surface area is 244 Å². The maximum Gasteiger partial charge on any atom is 0.258 e. The number of carbonyl (C=O) groups is 1. The summed E-state index contributed by atoms with van der Waals surface area (Å²) in [4.78, 5) is 17.1. The lowest BCUT2D eigenvalue weighted by Gasteiger charge is -2.23. The number of carbonyl (C=O) groups excluding carboxylic acids is 1. The third kappa shape index (κ3) is 7.24. The van der Waals surface area contributed by atoms with Crippen LogP contribution in [0.25, 0.3) is 10.9 Å². The third-order valence-electron chi connectivity index (χ3n) is 6.71. The molecule has 0 spiro atoms. The van der Waals surface area contributed by atoms with E-state index in [1.807, 2.05) is 33.3 Å². The molecule has 3 N–H and O–H groups in total. The average molecular weight is 599 g/mol. The maximum atomic E-state index is 13.8. The second-order valence-electron chi connectivity index (χ2n) is 10.9. The Morgan fingerprint density at radius 3 is 2.33 bits per heavy atom. The Balaban J connectivity index is 1.63. The quantitative estimate of drug-likeness (QED) is 0.201. The standard InChI is InChI=1S/C30H36F2N6O3S/c1-19(2)18-33-28-16-22(38(5)12-6-11-37(3)4)7-9-25(28)30(39)34-29-26-17-23(8-10-27(26)35-36-29)42(40,41)24-14-20(31)13-21(32)15-24/h7-10,13-17,19,33H,6,11-12,18H2,1-5H3,(H2,34,35,36,39). The fourth-order valence-corrected chi connectivity index (χ4v) is 5.76. The molecule has 0 unspecified atom stereocenters. The van der Waals surface area contributed by atoms with E-state index in [1.54, 1.807) is 6.07 Å². The molecule has 0 bridgehead atoms. The molecule has 12 heteroatoms. The van der Waals surface area contributed by atoms with E-state index in [9.17, 15) is 22.0 Å². The number of sulfone groups is 1. The number of hydrogen-bond donors (Lipinski definition) is 3. The molecule has 0 atom stereocenters. The van der Waals surface area contributed by atoms with Crippen LogP contribution in [-0.4, -0.2) is 70.2 Å². The predicted molar refractivity (Wildman–Crippen MR) is 162 cm³/mol. The van der Waals surface area contributed by atoms with Gasteiger partial charge in [0.25, 0.3) is 5.91 Å². The minimum absolute atomic E-state index is 0.122. The number of hydrogen-bond acceptors (Lipinski definition) is 7. The number of anilines is 3. The molecule has 0 aliphatic carbocycles. The molecule has 1 heterocycles. The number of nitrogens with zero attached hydrogens (tertiary/aromatic N) is 3. The van der Waals surface area contributed by atoms with Crippen molar-refractivity contribution in [2.45, 2.75) is 30.1 Å². The Hall–Kier alpha value is -4.03. The van der Waals surface area contributed by atoms with E-state index in [1.165, 1.54) is 18.2 Å². The highest BCUT2D eigenvalue weighted by atomic mass is 32.2. The monoisotopic (exact) mass is 598 g/mol. The molecule has 0 aliphatic heterocycles. The molecule has 0 aliphatic rings. The number of rotatable bonds is 12. The average Bonchev–Trinajstić information content (AvgIpc) is 3.32. The van der Waals surface area contributed by atoms with Crippen molar-refractivity contribution in [3.8, 4) is 0 Å². The van der Waals surface area contributed by atoms with E-state index in [0.29, 0.717) is 40.7 Å². The number of amides is 1. The normalized spacial score (nSPS) is 11.8. The van der Waals surface area contributed by atoms with Gasteiger partial charge in [-0.2, -0.15) is 5.10 Å². The Morgan fingerprint density at radius 1 is 0.952 bits per heavy atom. The lowest BCUT2D eigenvalue weighted by atomic mass is 10.1. The number of benzene rings is 3. The summed E-state index contributed by atoms with van der Waals surface area (Å²) in [5.74, 6) is -1.98. The zero-order valence-corrected chi connectivity index (χ0v) is 25.1. The van der Waals surface area contributed by atoms with Crippen molar-refractivity contribution in [1.82, 2.24) is 15.1 Å². The summed E-state index contributed by atoms with van der Waals surface area (Å²) in [5, 5.41) is 13.4. The van der Waals surface area contributed by atoms with Crippen LogP contribution < -0.4 is 15.5 Å². The second kappa shape index (κ2) is 12.9. The topological polar surface area (TPSA) is 110 Å². The van der Waals surface area contributed by atoms with Crippen molar-refractivity contribution in [3.63, 3.8) is 0 Å². The molecular weight excluding hydrogens is 562 g/mol. The SMILES string of the molecule is CC(C)CNc1cc(N(C)CCCN(C)C)ccc1C(=O)Nc1n[nH]c2ccc(S(=O)(=O)c3cc(F)cc(F)c3)cc12. The third-order valence-corrected chi connectivity index (χ3v) is 8.44. The number of H-pyrrole nitrogens is 1. The summed E-state index contributed by atoms with van der Waals surface area (Å²) in [5.41, 5.74) is 2.50. The highest BCUT2D eigenvalue weighted by molar-refractivity contribution is 7.91. The van der Waals surface area contributed by atoms with Crippen molar-refractivity contribution in [2.24, 2.45) is 5.92 Å². The molecular formula is C30H36F2N6O3S. The molecule has 42 heavy (non-hydrogen) atoms. The summed E-state index contributed by atoms with van der Waals surface area (Å²) in [6.45, 7) is 6.61. The molecule has 0 radical (unpaired) electrons. The number of nitrogens with one attached hydrogen (secondary N) is 3. The first-order chi connectivity index (χ1) is 19.8. The molecule has 9 nitrogen and oxygen atoms in total. The van der Waals surface area contributed by atoms with Crippen molar-refractivity contribution in [3.05, 3.63) is 71.8 Å². The van der Waals surface area contributed by atoms with Gasteiger partial charge in [-0.25, -0.2) is 17.2 Å². The van der Waals surface area contributed by atoms with Gasteiger partial charge in [-0.05, 0) is 81.5 Å². The Morgan fingerprint density at radius 2 is 1.67 bits per heavy atom. The fraction of sp³-hybridized carbons (Fsp3) is 0.333. The number of aromatic nitrogens is 2. The molecule has 0 saturated carbocycles. The van der Waals surface area contributed by atoms with Gasteiger partial charge < -0.3 is 20.4 Å². The van der Waals surface area contributed by atoms with E-state index in [0.717, 1.165) is 37.3 Å². The van der Waals surface area contributed by atoms with Crippen LogP contribution in [-0.2, 0) is 9.84 Å². The molecule has 4 aromatic rings. The minimum Gasteiger partial charge on any atom is -0.384 e. The summed E-state index contributed by atoms with van der Waals surface area (Å²) in [6, 6.07) is 11.8. The molecule has 224 valence electrons. The van der Waals surface area contributed by atoms with Crippen molar-refractivity contribution < 1.29 is 22.0 Å². The highest BCUT2D eigenvalue weighted by Crippen LogP contribution is 2.30. The number of fused-ring (bicyclic) bond motifs is 1. The Kier molecular flexibility index (Phi) is 9.47. The summed E-state index contributed by atoms with van der Waals surface area (Å²) in [6.07, 6.45) is 0.985. The molecule has 4 rings (SSSR count). The van der Waals surface area contributed by atoms with E-state index in [2.05, 4.69) is 44.5 Å². The van der Waals surface area contributed by atoms with Crippen LogP contribution in [0.5, 0.6) is 0 Å². The van der Waals surface area contributed by atoms with Crippen molar-refractivity contribution in [1.29, 1.82) is 0 Å². The van der Waals surface area contributed by atoms with Crippen LogP contribution in [0.2, 0.25) is 0 Å². The Bertz CT molecular complexity index is 1670. The molecule has 0 saturated heterocycles. The highest BCUT2D eigenvalue weighted by Gasteiger charge is 2.22. The summed E-state index contributed by atoms with van der Waals surface area (Å²) >= 11 is 0. The summed E-state index contributed by atoms with van der Waals surface area (Å²) < 4.78 is 53.8. The molecule has 0 fully saturated rings. The maximum absolute atomic E-state index is 13.8. The van der Waals surface area contributed by atoms with Gasteiger partial charge in [-0.15, -0.1) is 0 Å². The van der Waals surface area contributed by atoms with E-state index < -0.39 is 32.3 Å². The van der Waals surface area contributed by atoms with Gasteiger partial charge in [-0.1, -0.05) is 13.8 Å². The van der Waals surface area contributed by atoms with Gasteiger partial charge in [-0.3, -0.25) is 9.89 Å². The van der Waals surface area contributed by atoms with Crippen LogP contribution in [0, 0.1) is 17.6 Å². The zero-order chi connectivity index (χ0) is 30.6. The predicted octanol–water partition coefficient (Wildman–Crippen LogP) is 5.38. The minimum atomic E-state index is -4.25. The van der Waals surface area contributed by atoms with Crippen LogP contribution in [0.3, 0.4) is 0 Å². The van der Waals surface area contributed by atoms with Crippen LogP contribution in [0.4, 0.5) is 26.0 Å². The second-order valence-corrected chi connectivity index (χ2v) is 12.9. The van der Waals surface area contributed by atoms with Crippen molar-refractivity contribution >= 4 is 43.8 Å². The van der Waals surface area contributed by atoms with Crippen LogP contribution in [0.1, 0.15) is 30.6 Å². The number of halogens is 2. The van der Waals surface area contributed by atoms with Gasteiger partial charge >= 0.3 is 0 Å². The largest absolute Gasteiger partial charge is 0.384 e. The van der Waals surface area contributed by atoms with Gasteiger partial charge in [0.2, 0.25) is 9.84 Å². The lowest BCUT2D eigenvalue weighted by Crippen LogP contribution is -2.24. The van der Waals surface area contributed by atoms with Crippen LogP contribution in [0.15, 0.2) is 64.4 Å². The summed E-state index contributed by atoms with van der Waals surface area (Å²) in [7, 11) is 1.84. The molecule has 3 aromatic carbocycles. The fourth-order valence-electron chi connectivity index (χ4n) is 4.43. The molecule has 1 amide bonds. The first-order valence-electron chi connectivity index (χ1n) is 13.6. The van der Waals surface area contributed by atoms with E-state index >= 15 is 0 Å². The van der Waals surface area contributed by atoms with E-state index in [-0.39, 0.29) is 10.7 Å². The molecule has 1 aromatic heterocycles. The first kappa shape index (κ1) is 30.9. The van der Waals surface area contributed by atoms with Crippen LogP contribution >= 0.6 is 0 Å². The van der Waals surface area contributed by atoms with E-state index in [4.69, 9.17) is 0 Å². The van der Waals surface area contributed by atoms with Gasteiger partial charge in [0.15, 0.2) is 5.82 Å². The first-order valence-corrected chi connectivity index (χ1v) is 15.1. The van der Waals surface area contributed by atoms with Gasteiger partial charge in [0.05, 0.1) is 20.9 Å².